The monoisotopic (exact) mass is 303 g/mol. The normalized spacial score (nSPS) is 22.4. The lowest BCUT2D eigenvalue weighted by molar-refractivity contribution is -0.146. The van der Waals surface area contributed by atoms with E-state index in [-0.39, 0.29) is 5.97 Å². The molecule has 1 aliphatic heterocycles. The van der Waals surface area contributed by atoms with E-state index in [1.165, 1.54) is 18.2 Å². The average molecular weight is 303 g/mol. The molecule has 0 bridgehead atoms. The summed E-state index contributed by atoms with van der Waals surface area (Å²) in [6.07, 6.45) is -0.0940. The lowest BCUT2D eigenvalue weighted by Gasteiger charge is -2.20. The van der Waals surface area contributed by atoms with E-state index in [9.17, 15) is 9.90 Å². The number of hydrogen-bond donors (Lipinski definition) is 1. The summed E-state index contributed by atoms with van der Waals surface area (Å²) in [5.74, 6) is 0.488. The molecule has 1 N–H and O–H groups in total. The molecule has 0 radical (unpaired) electrons. The van der Waals surface area contributed by atoms with Crippen LogP contribution in [0.25, 0.3) is 11.0 Å². The number of esters is 1. The zero-order valence-electron chi connectivity index (χ0n) is 13.1. The number of methoxy groups -OCH3 is 1. The topological polar surface area (TPSA) is 62.9 Å². The molecule has 3 rings (SSSR count). The molecule has 22 heavy (non-hydrogen) atoms. The highest BCUT2D eigenvalue weighted by atomic mass is 16.5. The van der Waals surface area contributed by atoms with Gasteiger partial charge >= 0.3 is 5.97 Å². The van der Waals surface area contributed by atoms with E-state index in [1.807, 2.05) is 17.0 Å². The average Bonchev–Trinajstić information content (AvgIpc) is 3.02. The molecule has 1 aromatic heterocycles. The van der Waals surface area contributed by atoms with Crippen LogP contribution in [0.4, 0.5) is 0 Å². The lowest BCUT2D eigenvalue weighted by atomic mass is 10.1. The Kier molecular flexibility index (Phi) is 3.93. The fourth-order valence-electron chi connectivity index (χ4n) is 3.07. The van der Waals surface area contributed by atoms with E-state index in [2.05, 4.69) is 19.9 Å². The quantitative estimate of drug-likeness (QED) is 0.880. The molecular weight excluding hydrogens is 282 g/mol. The number of nitrogens with zero attached hydrogens (tertiary/aromatic N) is 1. The molecule has 1 fully saturated rings. The number of carbonyl (C=O) groups is 1. The Morgan fingerprint density at radius 1 is 1.36 bits per heavy atom. The third-order valence-corrected chi connectivity index (χ3v) is 4.40. The van der Waals surface area contributed by atoms with Crippen LogP contribution in [0.15, 0.2) is 22.6 Å². The molecule has 2 unspecified atom stereocenters. The molecule has 0 saturated carbocycles. The Morgan fingerprint density at radius 3 is 2.82 bits per heavy atom. The van der Waals surface area contributed by atoms with Crippen molar-refractivity contribution < 1.29 is 19.1 Å². The van der Waals surface area contributed by atoms with Crippen LogP contribution in [0.2, 0.25) is 0 Å². The number of aryl methyl sites for hydroxylation is 2. The van der Waals surface area contributed by atoms with E-state index >= 15 is 0 Å². The van der Waals surface area contributed by atoms with Gasteiger partial charge in [0.25, 0.3) is 0 Å². The van der Waals surface area contributed by atoms with Crippen LogP contribution in [0.3, 0.4) is 0 Å². The first-order valence-corrected chi connectivity index (χ1v) is 7.47. The molecular formula is C17H21NO4. The number of fused-ring (bicyclic) bond motifs is 1. The Balaban J connectivity index is 1.84. The highest BCUT2D eigenvalue weighted by Crippen LogP contribution is 2.27. The second-order valence-electron chi connectivity index (χ2n) is 6.04. The zero-order valence-corrected chi connectivity index (χ0v) is 13.1. The van der Waals surface area contributed by atoms with Crippen LogP contribution in [0, 0.1) is 13.8 Å². The molecule has 2 atom stereocenters. The summed E-state index contributed by atoms with van der Waals surface area (Å²) in [4.78, 5) is 13.7. The van der Waals surface area contributed by atoms with Crippen LogP contribution in [-0.4, -0.2) is 41.8 Å². The van der Waals surface area contributed by atoms with E-state index in [1.54, 1.807) is 0 Å². The first kappa shape index (κ1) is 15.1. The van der Waals surface area contributed by atoms with Crippen molar-refractivity contribution in [1.29, 1.82) is 0 Å². The van der Waals surface area contributed by atoms with Gasteiger partial charge in [-0.25, -0.2) is 0 Å². The molecule has 2 aromatic rings. The summed E-state index contributed by atoms with van der Waals surface area (Å²) in [6, 6.07) is 5.73. The molecule has 1 aromatic carbocycles. The van der Waals surface area contributed by atoms with Gasteiger partial charge in [0.05, 0.1) is 19.8 Å². The van der Waals surface area contributed by atoms with E-state index in [4.69, 9.17) is 9.15 Å². The molecule has 5 heteroatoms. The zero-order chi connectivity index (χ0) is 15.9. The first-order chi connectivity index (χ1) is 10.5. The van der Waals surface area contributed by atoms with Gasteiger partial charge in [-0.15, -0.1) is 0 Å². The molecule has 2 heterocycles. The summed E-state index contributed by atoms with van der Waals surface area (Å²) < 4.78 is 10.7. The predicted octanol–water partition coefficient (Wildman–Crippen LogP) is 2.16. The number of benzene rings is 1. The second kappa shape index (κ2) is 5.74. The Morgan fingerprint density at radius 2 is 2.09 bits per heavy atom. The third-order valence-electron chi connectivity index (χ3n) is 4.40. The van der Waals surface area contributed by atoms with E-state index in [0.29, 0.717) is 19.5 Å². The summed E-state index contributed by atoms with van der Waals surface area (Å²) in [7, 11) is 1.37. The van der Waals surface area contributed by atoms with Crippen molar-refractivity contribution in [2.24, 2.45) is 0 Å². The Labute approximate surface area is 129 Å². The van der Waals surface area contributed by atoms with Crippen molar-refractivity contribution >= 4 is 16.9 Å². The maximum atomic E-state index is 11.8. The maximum absolute atomic E-state index is 11.8. The van der Waals surface area contributed by atoms with Gasteiger partial charge in [0.1, 0.15) is 17.4 Å². The van der Waals surface area contributed by atoms with Gasteiger partial charge in [0.15, 0.2) is 0 Å². The summed E-state index contributed by atoms with van der Waals surface area (Å²) in [5, 5.41) is 10.9. The van der Waals surface area contributed by atoms with Crippen LogP contribution in [0.5, 0.6) is 0 Å². The molecule has 0 aliphatic carbocycles. The fraction of sp³-hybridized carbons (Fsp3) is 0.471. The summed E-state index contributed by atoms with van der Waals surface area (Å²) in [6.45, 7) is 5.07. The third kappa shape index (κ3) is 2.74. The molecule has 1 saturated heterocycles. The number of ether oxygens (including phenoxy) is 1. The van der Waals surface area contributed by atoms with Gasteiger partial charge in [-0.1, -0.05) is 0 Å². The lowest BCUT2D eigenvalue weighted by Crippen LogP contribution is -2.36. The number of hydrogen-bond acceptors (Lipinski definition) is 5. The number of β-amino-alcohol motifs (C(OH)–C–C–N with tert-alkyl or cyclic N) is 1. The Bertz CT molecular complexity index is 667. The van der Waals surface area contributed by atoms with Crippen molar-refractivity contribution in [2.75, 3.05) is 13.7 Å². The number of aliphatic hydroxyl groups excluding tert-OH is 1. The minimum Gasteiger partial charge on any atom is -0.468 e. The number of rotatable bonds is 3. The maximum Gasteiger partial charge on any atom is 0.323 e. The van der Waals surface area contributed by atoms with Gasteiger partial charge in [-0.05, 0) is 43.2 Å². The van der Waals surface area contributed by atoms with Crippen molar-refractivity contribution in [3.8, 4) is 0 Å². The minimum absolute atomic E-state index is 0.306. The van der Waals surface area contributed by atoms with Gasteiger partial charge in [-0.3, -0.25) is 9.69 Å². The highest BCUT2D eigenvalue weighted by molar-refractivity contribution is 5.80. The van der Waals surface area contributed by atoms with Crippen molar-refractivity contribution in [1.82, 2.24) is 4.90 Å². The first-order valence-electron chi connectivity index (χ1n) is 7.47. The molecule has 118 valence electrons. The molecule has 1 aliphatic rings. The van der Waals surface area contributed by atoms with Crippen molar-refractivity contribution in [3.05, 3.63) is 35.1 Å². The minimum atomic E-state index is -0.502. The second-order valence-corrected chi connectivity index (χ2v) is 6.04. The molecule has 0 spiro atoms. The summed E-state index contributed by atoms with van der Waals surface area (Å²) in [5.41, 5.74) is 3.27. The Hall–Kier alpha value is -1.85. The number of aliphatic hydroxyl groups is 1. The largest absolute Gasteiger partial charge is 0.468 e. The van der Waals surface area contributed by atoms with Crippen LogP contribution < -0.4 is 0 Å². The van der Waals surface area contributed by atoms with Gasteiger partial charge < -0.3 is 14.3 Å². The van der Waals surface area contributed by atoms with Crippen molar-refractivity contribution in [2.45, 2.75) is 39.0 Å². The summed E-state index contributed by atoms with van der Waals surface area (Å²) >= 11 is 0. The number of carbonyl (C=O) groups excluding carboxylic acids is 1. The van der Waals surface area contributed by atoms with Gasteiger partial charge in [-0.2, -0.15) is 0 Å². The van der Waals surface area contributed by atoms with Crippen LogP contribution in [0.1, 0.15) is 23.3 Å². The molecule has 5 nitrogen and oxygen atoms in total. The van der Waals surface area contributed by atoms with Crippen molar-refractivity contribution in [3.63, 3.8) is 0 Å². The molecule has 0 amide bonds. The van der Waals surface area contributed by atoms with Crippen LogP contribution >= 0.6 is 0 Å². The fourth-order valence-corrected chi connectivity index (χ4v) is 3.07. The van der Waals surface area contributed by atoms with E-state index in [0.717, 1.165) is 16.7 Å². The number of furan rings is 1. The van der Waals surface area contributed by atoms with Gasteiger partial charge in [0.2, 0.25) is 0 Å². The standard InChI is InChI=1S/C17H21NO4/c1-10-4-12-6-14(22-16(12)5-11(10)2)9-18-8-13(19)7-15(18)17(20)21-3/h4-6,13,15,19H,7-9H2,1-3H3. The SMILES string of the molecule is COC(=O)C1CC(O)CN1Cc1cc2cc(C)c(C)cc2o1. The highest BCUT2D eigenvalue weighted by Gasteiger charge is 2.37. The van der Waals surface area contributed by atoms with E-state index < -0.39 is 12.1 Å². The smallest absolute Gasteiger partial charge is 0.323 e. The predicted molar refractivity (Wildman–Crippen MR) is 82.5 cm³/mol. The van der Waals surface area contributed by atoms with Crippen LogP contribution in [-0.2, 0) is 16.1 Å². The number of likely N-dealkylation sites (tertiary alicyclic amines) is 1. The van der Waals surface area contributed by atoms with Gasteiger partial charge in [0, 0.05) is 18.4 Å².